The molecule has 0 fully saturated rings. The topological polar surface area (TPSA) is 54.4 Å². The second-order valence-electron chi connectivity index (χ2n) is 0.0745. The van der Waals surface area contributed by atoms with Crippen LogP contribution in [0.4, 0.5) is 0 Å². The molecule has 6 heteroatoms. The third-order valence-corrected chi connectivity index (χ3v) is 0. The molecule has 0 saturated heterocycles. The molecule has 0 aromatic carbocycles. The van der Waals surface area contributed by atoms with Crippen LogP contribution in [0.15, 0.2) is 0 Å². The molecule has 0 spiro atoms. The van der Waals surface area contributed by atoms with E-state index in [0.717, 1.165) is 0 Å². The Morgan fingerprint density at radius 2 is 1.33 bits per heavy atom. The Labute approximate surface area is 58.1 Å². The van der Waals surface area contributed by atoms with E-state index in [1.165, 1.54) is 9.47 Å². The number of rotatable bonds is 0. The van der Waals surface area contributed by atoms with Crippen LogP contribution in [0, 0.1) is 0 Å². The van der Waals surface area contributed by atoms with Crippen LogP contribution < -0.4 is 0 Å². The summed E-state index contributed by atoms with van der Waals surface area (Å²) < 4.78 is 16.9. The van der Waals surface area contributed by atoms with Crippen LogP contribution in [-0.4, -0.2) is 4.89 Å². The van der Waals surface area contributed by atoms with E-state index in [9.17, 15) is 0 Å². The van der Waals surface area contributed by atoms with Gasteiger partial charge in [0.25, 0.3) is 0 Å². The van der Waals surface area contributed by atoms with E-state index in [1.807, 2.05) is 0 Å². The van der Waals surface area contributed by atoms with Crippen LogP contribution in [0.3, 0.4) is 0 Å². The van der Waals surface area contributed by atoms with Crippen molar-refractivity contribution in [1.82, 2.24) is 0 Å². The molecule has 0 aliphatic rings. The summed E-state index contributed by atoms with van der Waals surface area (Å²) in [5.41, 5.74) is 0. The molecule has 0 aliphatic carbocycles. The molecule has 1 radical (unpaired) electrons. The molecule has 40 valence electrons. The van der Waals surface area contributed by atoms with Gasteiger partial charge in [0.05, 0.1) is 0 Å². The average Bonchev–Trinajstić information content (AvgIpc) is 1.46. The van der Waals surface area contributed by atoms with Crippen LogP contribution in [0.25, 0.3) is 0 Å². The Morgan fingerprint density at radius 3 is 1.33 bits per heavy atom. The summed E-state index contributed by atoms with van der Waals surface area (Å²) in [5, 5.41) is 0. The quantitative estimate of drug-likeness (QED) is 0.613. The van der Waals surface area contributed by atoms with Gasteiger partial charge in [0.1, 0.15) is 0 Å². The van der Waals surface area contributed by atoms with Gasteiger partial charge in [0.2, 0.25) is 0 Å². The van der Waals surface area contributed by atoms with Gasteiger partial charge in [-0.2, -0.15) is 0 Å². The van der Waals surface area contributed by atoms with E-state index in [0.29, 0.717) is 0 Å². The van der Waals surface area contributed by atoms with Gasteiger partial charge in [0.15, 0.2) is 0 Å². The zero-order valence-corrected chi connectivity index (χ0v) is 7.57. The molecule has 0 rings (SSSR count). The molecule has 6 heavy (non-hydrogen) atoms. The van der Waals surface area contributed by atoms with Crippen molar-refractivity contribution < 1.29 is 48.5 Å². The van der Waals surface area contributed by atoms with Crippen LogP contribution in [0.2, 0.25) is 0 Å². The first kappa shape index (κ1) is 15.7. The summed E-state index contributed by atoms with van der Waals surface area (Å²) >= 11 is -1.81. The van der Waals surface area contributed by atoms with Gasteiger partial charge >= 0.3 is 23.5 Å². The predicted octanol–water partition coefficient (Wildman–Crippen LogP) is -0.474. The fourth-order valence-corrected chi connectivity index (χ4v) is 0. The molecule has 1 atom stereocenters. The molecular weight excluding hydrogens is 322 g/mol. The fraction of sp³-hybridized carbons (Fsp3) is 0. The standard InChI is InChI=1S/Ir.H3OP.2O.V/c;1-2;;;/h;1H,2H2;;;. The zero-order chi connectivity index (χ0) is 4.71. The van der Waals surface area contributed by atoms with Crippen LogP contribution in [0.5, 0.6) is 0 Å². The van der Waals surface area contributed by atoms with Crippen LogP contribution >= 0.6 is 9.47 Å². The van der Waals surface area contributed by atoms with Gasteiger partial charge in [-0.05, 0) is 9.47 Å². The van der Waals surface area contributed by atoms with Crippen molar-refractivity contribution in [3.8, 4) is 0 Å². The minimum atomic E-state index is -1.81. The third-order valence-electron chi connectivity index (χ3n) is 0. The van der Waals surface area contributed by atoms with Crippen molar-refractivity contribution in [3.05, 3.63) is 0 Å². The van der Waals surface area contributed by atoms with Crippen LogP contribution in [0.1, 0.15) is 0 Å². The Balaban J connectivity index is -0.0000000275. The molecular formula is H3IrO3PV. The van der Waals surface area contributed by atoms with Crippen molar-refractivity contribution in [2.45, 2.75) is 0 Å². The van der Waals surface area contributed by atoms with Gasteiger partial charge < -0.3 is 4.89 Å². The predicted molar refractivity (Wildman–Crippen MR) is 13.3 cm³/mol. The molecule has 0 bridgehead atoms. The third kappa shape index (κ3) is 62.2. The summed E-state index contributed by atoms with van der Waals surface area (Å²) in [6, 6.07) is 0. The fourth-order valence-electron chi connectivity index (χ4n) is 0. The monoisotopic (exact) mass is 326 g/mol. The summed E-state index contributed by atoms with van der Waals surface area (Å²) in [5.74, 6) is 0. The summed E-state index contributed by atoms with van der Waals surface area (Å²) in [4.78, 5) is 6.92. The molecule has 0 heterocycles. The molecule has 0 amide bonds. The van der Waals surface area contributed by atoms with E-state index in [1.54, 1.807) is 0 Å². The maximum atomic E-state index is 8.47. The van der Waals surface area contributed by atoms with Gasteiger partial charge in [0, 0.05) is 20.1 Å². The molecule has 0 aromatic heterocycles. The second-order valence-corrected chi connectivity index (χ2v) is 0.307. The van der Waals surface area contributed by atoms with E-state index >= 15 is 0 Å². The van der Waals surface area contributed by atoms with Crippen molar-refractivity contribution in [2.24, 2.45) is 0 Å². The van der Waals surface area contributed by atoms with Gasteiger partial charge in [-0.1, -0.05) is 0 Å². The van der Waals surface area contributed by atoms with Gasteiger partial charge in [-0.25, -0.2) is 0 Å². The Hall–Kier alpha value is 1.22. The minimum absolute atomic E-state index is 0. The van der Waals surface area contributed by atoms with E-state index in [2.05, 4.69) is 0 Å². The first-order valence-electron chi connectivity index (χ1n) is 0.623. The molecule has 0 saturated carbocycles. The molecule has 0 aliphatic heterocycles. The average molecular weight is 325 g/mol. The van der Waals surface area contributed by atoms with E-state index in [4.69, 9.17) is 12.2 Å². The van der Waals surface area contributed by atoms with Crippen molar-refractivity contribution in [3.63, 3.8) is 0 Å². The summed E-state index contributed by atoms with van der Waals surface area (Å²) in [7, 11) is 1.42. The maximum absolute atomic E-state index is 8.47. The van der Waals surface area contributed by atoms with Crippen LogP contribution in [-0.2, 0) is 43.6 Å². The van der Waals surface area contributed by atoms with Crippen molar-refractivity contribution in [1.29, 1.82) is 0 Å². The van der Waals surface area contributed by atoms with E-state index < -0.39 is 16.2 Å². The first-order valence-corrected chi connectivity index (χ1v) is 2.28. The van der Waals surface area contributed by atoms with Gasteiger partial charge in [-0.3, -0.25) is 0 Å². The van der Waals surface area contributed by atoms with E-state index in [-0.39, 0.29) is 20.1 Å². The number of hydrogen-bond acceptors (Lipinski definition) is 3. The Bertz CT molecular complexity index is 31.8. The SMILES string of the molecule is OP.[Ir].[O]=[V]=[O]. The second kappa shape index (κ2) is 34.3. The van der Waals surface area contributed by atoms with Crippen molar-refractivity contribution >= 4 is 9.47 Å². The normalized spacial score (nSPS) is 2.33. The summed E-state index contributed by atoms with van der Waals surface area (Å²) in [6.07, 6.45) is 0. The number of hydrogen-bond donors (Lipinski definition) is 1. The molecule has 3 nitrogen and oxygen atoms in total. The zero-order valence-electron chi connectivity index (χ0n) is 2.62. The van der Waals surface area contributed by atoms with Gasteiger partial charge in [-0.15, -0.1) is 0 Å². The first-order chi connectivity index (χ1) is 2.41. The molecule has 0 aromatic rings. The van der Waals surface area contributed by atoms with Crippen molar-refractivity contribution in [2.75, 3.05) is 0 Å². The molecule has 1 N–H and O–H groups in total. The molecule has 1 unspecified atom stereocenters. The Kier molecular flexibility index (Phi) is 89.8. The Morgan fingerprint density at radius 1 is 1.33 bits per heavy atom. The summed E-state index contributed by atoms with van der Waals surface area (Å²) in [6.45, 7) is 0.